The van der Waals surface area contributed by atoms with Gasteiger partial charge in [0.05, 0.1) is 0 Å². The Balaban J connectivity index is 2.23. The Kier molecular flexibility index (Phi) is 3.20. The van der Waals surface area contributed by atoms with Crippen molar-refractivity contribution in [2.75, 3.05) is 0 Å². The average molecular weight is 213 g/mol. The van der Waals surface area contributed by atoms with Gasteiger partial charge in [-0.3, -0.25) is 0 Å². The summed E-state index contributed by atoms with van der Waals surface area (Å²) in [6.45, 7) is 4.15. The number of benzene rings is 1. The first-order valence-electron chi connectivity index (χ1n) is 5.48. The molecule has 0 spiro atoms. The van der Waals surface area contributed by atoms with E-state index in [9.17, 15) is 0 Å². The van der Waals surface area contributed by atoms with E-state index in [2.05, 4.69) is 18.8 Å². The Hall–Kier alpha value is -1.83. The Morgan fingerprint density at radius 1 is 1.12 bits per heavy atom. The molecule has 0 aliphatic heterocycles. The topological polar surface area (TPSA) is 22.1 Å². The van der Waals surface area contributed by atoms with E-state index in [1.54, 1.807) is 6.20 Å². The molecule has 1 aromatic heterocycles. The van der Waals surface area contributed by atoms with E-state index in [-0.39, 0.29) is 0 Å². The fourth-order valence-corrected chi connectivity index (χ4v) is 1.50. The van der Waals surface area contributed by atoms with Gasteiger partial charge >= 0.3 is 0 Å². The van der Waals surface area contributed by atoms with E-state index in [0.717, 1.165) is 17.7 Å². The Labute approximate surface area is 95.9 Å². The first-order chi connectivity index (χ1) is 7.79. The van der Waals surface area contributed by atoms with Gasteiger partial charge in [-0.05, 0) is 31.5 Å². The molecule has 1 heterocycles. The number of pyridine rings is 1. The van der Waals surface area contributed by atoms with E-state index in [0.29, 0.717) is 5.88 Å². The molecule has 2 rings (SSSR count). The molecule has 0 saturated heterocycles. The highest BCUT2D eigenvalue weighted by Gasteiger charge is 2.03. The summed E-state index contributed by atoms with van der Waals surface area (Å²) in [6.07, 6.45) is 2.68. The van der Waals surface area contributed by atoms with Gasteiger partial charge in [0, 0.05) is 11.8 Å². The van der Waals surface area contributed by atoms with E-state index >= 15 is 0 Å². The number of hydrogen-bond donors (Lipinski definition) is 0. The maximum absolute atomic E-state index is 5.74. The Morgan fingerprint density at radius 3 is 2.56 bits per heavy atom. The molecule has 2 nitrogen and oxygen atoms in total. The van der Waals surface area contributed by atoms with E-state index in [4.69, 9.17) is 4.74 Å². The molecule has 1 aromatic carbocycles. The smallest absolute Gasteiger partial charge is 0.222 e. The molecule has 0 unspecified atom stereocenters. The molecular weight excluding hydrogens is 198 g/mol. The zero-order valence-electron chi connectivity index (χ0n) is 9.60. The predicted octanol–water partition coefficient (Wildman–Crippen LogP) is 3.74. The fraction of sp³-hybridized carbons (Fsp3) is 0.214. The fourth-order valence-electron chi connectivity index (χ4n) is 1.50. The van der Waals surface area contributed by atoms with E-state index in [1.807, 2.05) is 36.4 Å². The third-order valence-corrected chi connectivity index (χ3v) is 2.47. The van der Waals surface area contributed by atoms with Crippen LogP contribution in [-0.2, 0) is 6.42 Å². The largest absolute Gasteiger partial charge is 0.439 e. The van der Waals surface area contributed by atoms with Crippen molar-refractivity contribution >= 4 is 0 Å². The van der Waals surface area contributed by atoms with Crippen LogP contribution >= 0.6 is 0 Å². The lowest BCUT2D eigenvalue weighted by Crippen LogP contribution is -1.92. The molecule has 0 radical (unpaired) electrons. The standard InChI is InChI=1S/C14H15NO/c1-3-12-5-4-10-15-14(12)16-13-8-6-11(2)7-9-13/h4-10H,3H2,1-2H3. The molecule has 2 aromatic rings. The SMILES string of the molecule is CCc1cccnc1Oc1ccc(C)cc1. The lowest BCUT2D eigenvalue weighted by atomic mass is 10.2. The monoisotopic (exact) mass is 213 g/mol. The van der Waals surface area contributed by atoms with Crippen LogP contribution in [0.2, 0.25) is 0 Å². The van der Waals surface area contributed by atoms with Crippen LogP contribution in [0.4, 0.5) is 0 Å². The third-order valence-electron chi connectivity index (χ3n) is 2.47. The molecule has 0 aliphatic carbocycles. The lowest BCUT2D eigenvalue weighted by Gasteiger charge is -2.08. The molecule has 0 fully saturated rings. The van der Waals surface area contributed by atoms with Crippen molar-refractivity contribution < 1.29 is 4.74 Å². The van der Waals surface area contributed by atoms with Crippen molar-refractivity contribution in [2.24, 2.45) is 0 Å². The lowest BCUT2D eigenvalue weighted by molar-refractivity contribution is 0.456. The quantitative estimate of drug-likeness (QED) is 0.774. The van der Waals surface area contributed by atoms with Crippen LogP contribution in [-0.4, -0.2) is 4.98 Å². The second kappa shape index (κ2) is 4.79. The first kappa shape index (κ1) is 10.7. The van der Waals surface area contributed by atoms with Crippen LogP contribution in [0.25, 0.3) is 0 Å². The zero-order valence-corrected chi connectivity index (χ0v) is 9.60. The van der Waals surface area contributed by atoms with Crippen LogP contribution in [0.1, 0.15) is 18.1 Å². The molecule has 2 heteroatoms. The first-order valence-corrected chi connectivity index (χ1v) is 5.48. The minimum atomic E-state index is 0.703. The number of hydrogen-bond acceptors (Lipinski definition) is 2. The summed E-state index contributed by atoms with van der Waals surface area (Å²) in [5.41, 5.74) is 2.35. The molecule has 0 aliphatic rings. The van der Waals surface area contributed by atoms with Crippen molar-refractivity contribution in [1.29, 1.82) is 0 Å². The Morgan fingerprint density at radius 2 is 1.88 bits per heavy atom. The van der Waals surface area contributed by atoms with Gasteiger partial charge in [-0.15, -0.1) is 0 Å². The number of ether oxygens (including phenoxy) is 1. The van der Waals surface area contributed by atoms with Gasteiger partial charge in [-0.25, -0.2) is 4.98 Å². The molecule has 0 amide bonds. The molecular formula is C14H15NO. The van der Waals surface area contributed by atoms with Gasteiger partial charge in [-0.2, -0.15) is 0 Å². The van der Waals surface area contributed by atoms with Gasteiger partial charge in [0.25, 0.3) is 0 Å². The number of rotatable bonds is 3. The van der Waals surface area contributed by atoms with Crippen molar-refractivity contribution in [1.82, 2.24) is 4.98 Å². The predicted molar refractivity (Wildman–Crippen MR) is 64.9 cm³/mol. The molecule has 16 heavy (non-hydrogen) atoms. The second-order valence-corrected chi connectivity index (χ2v) is 3.74. The normalized spacial score (nSPS) is 10.1. The van der Waals surface area contributed by atoms with E-state index < -0.39 is 0 Å². The molecule has 0 saturated carbocycles. The van der Waals surface area contributed by atoms with Crippen LogP contribution in [0.3, 0.4) is 0 Å². The molecule has 82 valence electrons. The average Bonchev–Trinajstić information content (AvgIpc) is 2.33. The summed E-state index contributed by atoms with van der Waals surface area (Å²) in [5.74, 6) is 1.54. The van der Waals surface area contributed by atoms with Crippen LogP contribution in [0.15, 0.2) is 42.6 Å². The number of aromatic nitrogens is 1. The summed E-state index contributed by atoms with van der Waals surface area (Å²) in [4.78, 5) is 4.25. The summed E-state index contributed by atoms with van der Waals surface area (Å²) in [5, 5.41) is 0. The highest BCUT2D eigenvalue weighted by atomic mass is 16.5. The van der Waals surface area contributed by atoms with E-state index in [1.165, 1.54) is 5.56 Å². The summed E-state index contributed by atoms with van der Waals surface area (Å²) < 4.78 is 5.74. The van der Waals surface area contributed by atoms with Crippen molar-refractivity contribution in [3.8, 4) is 11.6 Å². The van der Waals surface area contributed by atoms with Crippen molar-refractivity contribution in [2.45, 2.75) is 20.3 Å². The number of nitrogens with zero attached hydrogens (tertiary/aromatic N) is 1. The maximum atomic E-state index is 5.74. The van der Waals surface area contributed by atoms with Gasteiger partial charge in [0.15, 0.2) is 0 Å². The van der Waals surface area contributed by atoms with Crippen molar-refractivity contribution in [3.63, 3.8) is 0 Å². The zero-order chi connectivity index (χ0) is 11.4. The Bertz CT molecular complexity index is 462. The van der Waals surface area contributed by atoms with Crippen LogP contribution in [0.5, 0.6) is 11.6 Å². The minimum Gasteiger partial charge on any atom is -0.439 e. The third kappa shape index (κ3) is 2.40. The second-order valence-electron chi connectivity index (χ2n) is 3.74. The van der Waals surface area contributed by atoms with Gasteiger partial charge in [0.1, 0.15) is 5.75 Å². The van der Waals surface area contributed by atoms with Crippen molar-refractivity contribution in [3.05, 3.63) is 53.7 Å². The molecule has 0 N–H and O–H groups in total. The molecule has 0 bridgehead atoms. The maximum Gasteiger partial charge on any atom is 0.222 e. The van der Waals surface area contributed by atoms with Gasteiger partial charge in [-0.1, -0.05) is 30.7 Å². The summed E-state index contributed by atoms with van der Waals surface area (Å²) >= 11 is 0. The summed E-state index contributed by atoms with van der Waals surface area (Å²) in [6, 6.07) is 12.0. The minimum absolute atomic E-state index is 0.703. The van der Waals surface area contributed by atoms with Gasteiger partial charge in [0.2, 0.25) is 5.88 Å². The number of aryl methyl sites for hydroxylation is 2. The highest BCUT2D eigenvalue weighted by molar-refractivity contribution is 5.33. The summed E-state index contributed by atoms with van der Waals surface area (Å²) in [7, 11) is 0. The molecule has 0 atom stereocenters. The van der Waals surface area contributed by atoms with Crippen LogP contribution in [0, 0.1) is 6.92 Å². The van der Waals surface area contributed by atoms with Gasteiger partial charge < -0.3 is 4.74 Å². The highest BCUT2D eigenvalue weighted by Crippen LogP contribution is 2.23. The van der Waals surface area contributed by atoms with Crippen LogP contribution < -0.4 is 4.74 Å².